The summed E-state index contributed by atoms with van der Waals surface area (Å²) in [5.74, 6) is 0.686. The van der Waals surface area contributed by atoms with E-state index >= 15 is 0 Å². The van der Waals surface area contributed by atoms with Gasteiger partial charge in [-0.25, -0.2) is 9.97 Å². The predicted octanol–water partition coefficient (Wildman–Crippen LogP) is 13.3. The maximum Gasteiger partial charge on any atom is 0.160 e. The van der Waals surface area contributed by atoms with Crippen molar-refractivity contribution < 1.29 is 0 Å². The van der Waals surface area contributed by atoms with E-state index in [1.807, 2.05) is 42.6 Å². The van der Waals surface area contributed by atoms with Crippen LogP contribution in [0.1, 0.15) is 25.0 Å². The van der Waals surface area contributed by atoms with E-state index in [-0.39, 0.29) is 5.41 Å². The van der Waals surface area contributed by atoms with Crippen molar-refractivity contribution in [2.45, 2.75) is 19.3 Å². The molecule has 9 aromatic rings. The summed E-state index contributed by atoms with van der Waals surface area (Å²) in [5, 5.41) is 2.60. The molecule has 260 valence electrons. The van der Waals surface area contributed by atoms with Crippen LogP contribution in [0.25, 0.3) is 89.3 Å². The Morgan fingerprint density at radius 1 is 0.382 bits per heavy atom. The molecule has 0 unspecified atom stereocenters. The van der Waals surface area contributed by atoms with Gasteiger partial charge in [-0.2, -0.15) is 0 Å². The van der Waals surface area contributed by atoms with Gasteiger partial charge >= 0.3 is 0 Å². The van der Waals surface area contributed by atoms with E-state index in [9.17, 15) is 0 Å². The maximum atomic E-state index is 5.05. The molecule has 0 atom stereocenters. The Labute approximate surface area is 321 Å². The molecule has 0 amide bonds. The van der Waals surface area contributed by atoms with E-state index in [4.69, 9.17) is 15.0 Å². The third kappa shape index (κ3) is 5.73. The van der Waals surface area contributed by atoms with Crippen LogP contribution in [0.2, 0.25) is 0 Å². The number of rotatable bonds is 6. The van der Waals surface area contributed by atoms with Crippen LogP contribution in [0.5, 0.6) is 0 Å². The van der Waals surface area contributed by atoms with Crippen LogP contribution >= 0.6 is 0 Å². The first kappa shape index (κ1) is 32.7. The van der Waals surface area contributed by atoms with Crippen molar-refractivity contribution in [3.8, 4) is 78.5 Å². The fraction of sp³-hybridized carbons (Fsp3) is 0.0577. The van der Waals surface area contributed by atoms with E-state index in [2.05, 4.69) is 159 Å². The van der Waals surface area contributed by atoms with Crippen molar-refractivity contribution in [3.05, 3.63) is 199 Å². The molecule has 0 N–H and O–H groups in total. The summed E-state index contributed by atoms with van der Waals surface area (Å²) in [6.45, 7) is 4.71. The molecule has 0 fully saturated rings. The Bertz CT molecular complexity index is 2840. The van der Waals surface area contributed by atoms with E-state index in [0.29, 0.717) is 5.82 Å². The zero-order valence-electron chi connectivity index (χ0n) is 30.7. The average molecular weight is 704 g/mol. The molecule has 2 heterocycles. The molecule has 0 spiro atoms. The monoisotopic (exact) mass is 703 g/mol. The molecule has 1 aliphatic carbocycles. The average Bonchev–Trinajstić information content (AvgIpc) is 3.50. The van der Waals surface area contributed by atoms with Crippen molar-refractivity contribution in [3.63, 3.8) is 0 Å². The highest BCUT2D eigenvalue weighted by Gasteiger charge is 2.37. The lowest BCUT2D eigenvalue weighted by molar-refractivity contribution is 0.661. The molecule has 10 rings (SSSR count). The number of hydrogen-bond acceptors (Lipinski definition) is 3. The van der Waals surface area contributed by atoms with Crippen molar-refractivity contribution in [1.82, 2.24) is 15.0 Å². The largest absolute Gasteiger partial charge is 0.256 e. The fourth-order valence-corrected chi connectivity index (χ4v) is 8.25. The molecular weight excluding hydrogens is 667 g/mol. The second kappa shape index (κ2) is 13.2. The molecule has 0 radical (unpaired) electrons. The van der Waals surface area contributed by atoms with Gasteiger partial charge in [-0.1, -0.05) is 178 Å². The van der Waals surface area contributed by atoms with Gasteiger partial charge in [-0.3, -0.25) is 4.98 Å². The molecule has 3 heteroatoms. The zero-order valence-corrected chi connectivity index (χ0v) is 30.7. The highest BCUT2D eigenvalue weighted by molar-refractivity contribution is 6.06. The molecule has 7 aromatic carbocycles. The van der Waals surface area contributed by atoms with Gasteiger partial charge in [0.25, 0.3) is 0 Å². The second-order valence-corrected chi connectivity index (χ2v) is 14.8. The predicted molar refractivity (Wildman–Crippen MR) is 228 cm³/mol. The van der Waals surface area contributed by atoms with E-state index in [1.165, 1.54) is 49.7 Å². The first-order valence-electron chi connectivity index (χ1n) is 18.8. The minimum Gasteiger partial charge on any atom is -0.256 e. The van der Waals surface area contributed by atoms with Crippen LogP contribution in [-0.4, -0.2) is 15.0 Å². The third-order valence-electron chi connectivity index (χ3n) is 11.2. The van der Waals surface area contributed by atoms with Crippen molar-refractivity contribution in [2.75, 3.05) is 0 Å². The zero-order chi connectivity index (χ0) is 36.9. The van der Waals surface area contributed by atoms with E-state index in [1.54, 1.807) is 0 Å². The van der Waals surface area contributed by atoms with Crippen molar-refractivity contribution >= 4 is 10.8 Å². The Morgan fingerprint density at radius 2 is 0.945 bits per heavy atom. The minimum atomic E-state index is -0.0669. The number of fused-ring (bicyclic) bond motifs is 5. The van der Waals surface area contributed by atoms with Crippen LogP contribution in [-0.2, 0) is 5.41 Å². The molecule has 3 nitrogen and oxygen atoms in total. The summed E-state index contributed by atoms with van der Waals surface area (Å²) >= 11 is 0. The first-order valence-corrected chi connectivity index (χ1v) is 18.8. The van der Waals surface area contributed by atoms with Gasteiger partial charge in [0.2, 0.25) is 0 Å². The number of benzene rings is 7. The molecule has 0 saturated heterocycles. The van der Waals surface area contributed by atoms with E-state index in [0.717, 1.165) is 44.9 Å². The van der Waals surface area contributed by atoms with Crippen LogP contribution in [0.15, 0.2) is 188 Å². The SMILES string of the molecule is CC1(C)c2cccc(-c3ccc(-c4ccc(-c5cc(-c6ccc(-c7ccccc7)nc6)nc(-c6ccccc6)n5)cc4)cc3)c2-c2c1ccc1ccccc21. The Hall–Kier alpha value is -6.97. The summed E-state index contributed by atoms with van der Waals surface area (Å²) in [4.78, 5) is 14.8. The quantitative estimate of drug-likeness (QED) is 0.173. The smallest absolute Gasteiger partial charge is 0.160 e. The van der Waals surface area contributed by atoms with Crippen molar-refractivity contribution in [2.24, 2.45) is 0 Å². The van der Waals surface area contributed by atoms with Gasteiger partial charge in [0.15, 0.2) is 5.82 Å². The molecular formula is C52H37N3. The van der Waals surface area contributed by atoms with Crippen LogP contribution < -0.4 is 0 Å². The first-order chi connectivity index (χ1) is 27.0. The van der Waals surface area contributed by atoms with Crippen LogP contribution in [0.3, 0.4) is 0 Å². The lowest BCUT2D eigenvalue weighted by atomic mass is 9.81. The standard InChI is InChI=1S/C52H37N3/c1-52(2)44-19-11-18-43(49(44)50-42-17-10-9-12-36(42)28-30-45(50)52)37-24-20-34(21-25-37)35-22-26-39(27-23-35)47-32-48(55-51(54-47)40-15-7-4-8-16-40)41-29-31-46(53-33-41)38-13-5-3-6-14-38/h3-33H,1-2H3. The number of hydrogen-bond donors (Lipinski definition) is 0. The maximum absolute atomic E-state index is 5.05. The van der Waals surface area contributed by atoms with Gasteiger partial charge < -0.3 is 0 Å². The Morgan fingerprint density at radius 3 is 1.64 bits per heavy atom. The molecule has 0 aliphatic heterocycles. The summed E-state index contributed by atoms with van der Waals surface area (Å²) in [7, 11) is 0. The molecule has 0 saturated carbocycles. The van der Waals surface area contributed by atoms with Crippen LogP contribution in [0, 0.1) is 0 Å². The summed E-state index contributed by atoms with van der Waals surface area (Å²) in [6.07, 6.45) is 1.90. The normalized spacial score (nSPS) is 12.7. The van der Waals surface area contributed by atoms with Gasteiger partial charge in [0.1, 0.15) is 0 Å². The molecule has 55 heavy (non-hydrogen) atoms. The molecule has 2 aromatic heterocycles. The number of nitrogens with zero attached hydrogens (tertiary/aromatic N) is 3. The highest BCUT2D eigenvalue weighted by Crippen LogP contribution is 2.54. The van der Waals surface area contributed by atoms with Crippen molar-refractivity contribution in [1.29, 1.82) is 0 Å². The van der Waals surface area contributed by atoms with E-state index < -0.39 is 0 Å². The minimum absolute atomic E-state index is 0.0669. The number of aromatic nitrogens is 3. The topological polar surface area (TPSA) is 38.7 Å². The summed E-state index contributed by atoms with van der Waals surface area (Å²) < 4.78 is 0. The Kier molecular flexibility index (Phi) is 7.81. The summed E-state index contributed by atoms with van der Waals surface area (Å²) in [5.41, 5.74) is 17.0. The van der Waals surface area contributed by atoms with Gasteiger partial charge in [-0.05, 0) is 73.5 Å². The van der Waals surface area contributed by atoms with Gasteiger partial charge in [0, 0.05) is 33.9 Å². The van der Waals surface area contributed by atoms with Gasteiger partial charge in [0.05, 0.1) is 17.1 Å². The van der Waals surface area contributed by atoms with Crippen LogP contribution in [0.4, 0.5) is 0 Å². The Balaban J connectivity index is 0.981. The number of pyridine rings is 1. The summed E-state index contributed by atoms with van der Waals surface area (Å²) in [6, 6.07) is 64.5. The molecule has 0 bridgehead atoms. The second-order valence-electron chi connectivity index (χ2n) is 14.8. The fourth-order valence-electron chi connectivity index (χ4n) is 8.25. The lowest BCUT2D eigenvalue weighted by Gasteiger charge is -2.21. The highest BCUT2D eigenvalue weighted by atomic mass is 14.9. The molecule has 1 aliphatic rings. The van der Waals surface area contributed by atoms with Gasteiger partial charge in [-0.15, -0.1) is 0 Å². The third-order valence-corrected chi connectivity index (χ3v) is 11.2. The lowest BCUT2D eigenvalue weighted by Crippen LogP contribution is -2.14.